The molecule has 0 fully saturated rings. The number of hydrogen-bond donors (Lipinski definition) is 1. The van der Waals surface area contributed by atoms with Crippen LogP contribution in [0.3, 0.4) is 0 Å². The first-order valence-electron chi connectivity index (χ1n) is 7.64. The minimum Gasteiger partial charge on any atom is -0.346 e. The van der Waals surface area contributed by atoms with E-state index in [1.807, 2.05) is 30.8 Å². The predicted molar refractivity (Wildman–Crippen MR) is 87.2 cm³/mol. The molecule has 5 heteroatoms. The fraction of sp³-hybridized carbons (Fsp3) is 0.412. The van der Waals surface area contributed by atoms with Crippen LogP contribution in [0, 0.1) is 6.92 Å². The van der Waals surface area contributed by atoms with Gasteiger partial charge in [-0.25, -0.2) is 0 Å². The van der Waals surface area contributed by atoms with Gasteiger partial charge in [-0.1, -0.05) is 17.7 Å². The molecule has 2 aromatic rings. The predicted octanol–water partition coefficient (Wildman–Crippen LogP) is 3.19. The van der Waals surface area contributed by atoms with E-state index in [1.54, 1.807) is 6.07 Å². The van der Waals surface area contributed by atoms with Crippen molar-refractivity contribution in [3.05, 3.63) is 51.3 Å². The van der Waals surface area contributed by atoms with Gasteiger partial charge >= 0.3 is 0 Å². The molecule has 22 heavy (non-hydrogen) atoms. The van der Waals surface area contributed by atoms with Gasteiger partial charge in [0.05, 0.1) is 28.5 Å². The topological polar surface area (TPSA) is 46.9 Å². The number of rotatable bonds is 3. The Balaban J connectivity index is 1.75. The number of nitrogens with zero attached hydrogens (tertiary/aromatic N) is 2. The lowest BCUT2D eigenvalue weighted by molar-refractivity contribution is 0.0950. The lowest BCUT2D eigenvalue weighted by Gasteiger charge is -2.12. The van der Waals surface area contributed by atoms with E-state index in [2.05, 4.69) is 10.4 Å². The Hall–Kier alpha value is -1.81. The average Bonchev–Trinajstić information content (AvgIpc) is 2.80. The smallest absolute Gasteiger partial charge is 0.253 e. The highest BCUT2D eigenvalue weighted by molar-refractivity contribution is 6.33. The molecule has 1 aromatic carbocycles. The first-order chi connectivity index (χ1) is 10.6. The molecule has 1 amide bonds. The van der Waals surface area contributed by atoms with Crippen molar-refractivity contribution >= 4 is 17.5 Å². The van der Waals surface area contributed by atoms with Gasteiger partial charge in [0.25, 0.3) is 5.91 Å². The molecule has 4 nitrogen and oxygen atoms in total. The first kappa shape index (κ1) is 15.1. The van der Waals surface area contributed by atoms with E-state index in [-0.39, 0.29) is 5.91 Å². The molecule has 0 saturated carbocycles. The number of nitrogens with one attached hydrogen (secondary N) is 1. The highest BCUT2D eigenvalue weighted by Gasteiger charge is 2.20. The van der Waals surface area contributed by atoms with E-state index in [1.165, 1.54) is 24.1 Å². The first-order valence-corrected chi connectivity index (χ1v) is 8.02. The highest BCUT2D eigenvalue weighted by Crippen LogP contribution is 2.24. The maximum Gasteiger partial charge on any atom is 0.253 e. The van der Waals surface area contributed by atoms with Crippen molar-refractivity contribution in [3.63, 3.8) is 0 Å². The molecule has 1 aliphatic carbocycles. The van der Waals surface area contributed by atoms with Gasteiger partial charge in [-0.05, 0) is 55.9 Å². The Morgan fingerprint density at radius 2 is 2.14 bits per heavy atom. The Bertz CT molecular complexity index is 721. The fourth-order valence-corrected chi connectivity index (χ4v) is 3.35. The second-order valence-electron chi connectivity index (χ2n) is 5.87. The molecule has 0 atom stereocenters. The number of halogens is 1. The molecular formula is C17H20ClN3O. The summed E-state index contributed by atoms with van der Waals surface area (Å²) in [7, 11) is 1.94. The molecule has 1 heterocycles. The number of amides is 1. The van der Waals surface area contributed by atoms with Crippen LogP contribution in [-0.2, 0) is 26.4 Å². The van der Waals surface area contributed by atoms with Gasteiger partial charge in [0.2, 0.25) is 0 Å². The zero-order valence-electron chi connectivity index (χ0n) is 12.9. The molecule has 1 aliphatic rings. The summed E-state index contributed by atoms with van der Waals surface area (Å²) < 4.78 is 1.90. The lowest BCUT2D eigenvalue weighted by Crippen LogP contribution is -2.25. The molecule has 1 N–H and O–H groups in total. The van der Waals surface area contributed by atoms with Crippen LogP contribution >= 0.6 is 11.6 Å². The van der Waals surface area contributed by atoms with Gasteiger partial charge in [0.15, 0.2) is 0 Å². The number of aryl methyl sites for hydroxylation is 3. The zero-order chi connectivity index (χ0) is 15.7. The molecule has 0 bridgehead atoms. The third-order valence-electron chi connectivity index (χ3n) is 4.23. The van der Waals surface area contributed by atoms with Crippen molar-refractivity contribution in [2.75, 3.05) is 0 Å². The number of aromatic nitrogens is 2. The molecule has 0 unspecified atom stereocenters. The summed E-state index contributed by atoms with van der Waals surface area (Å²) in [5, 5.41) is 8.03. The van der Waals surface area contributed by atoms with Gasteiger partial charge < -0.3 is 5.32 Å². The van der Waals surface area contributed by atoms with Crippen molar-refractivity contribution in [2.45, 2.75) is 39.2 Å². The number of carbonyl (C=O) groups is 1. The maximum atomic E-state index is 12.3. The summed E-state index contributed by atoms with van der Waals surface area (Å²) in [6.45, 7) is 2.44. The van der Waals surface area contributed by atoms with E-state index >= 15 is 0 Å². The third-order valence-corrected chi connectivity index (χ3v) is 4.55. The van der Waals surface area contributed by atoms with Gasteiger partial charge in [0, 0.05) is 7.05 Å². The van der Waals surface area contributed by atoms with Gasteiger partial charge in [0.1, 0.15) is 0 Å². The van der Waals surface area contributed by atoms with E-state index < -0.39 is 0 Å². The van der Waals surface area contributed by atoms with Crippen molar-refractivity contribution in [3.8, 4) is 0 Å². The highest BCUT2D eigenvalue weighted by atomic mass is 35.5. The Morgan fingerprint density at radius 1 is 1.36 bits per heavy atom. The normalized spacial score (nSPS) is 13.8. The van der Waals surface area contributed by atoms with Crippen LogP contribution in [0.5, 0.6) is 0 Å². The van der Waals surface area contributed by atoms with Crippen LogP contribution in [-0.4, -0.2) is 15.7 Å². The second-order valence-corrected chi connectivity index (χ2v) is 6.28. The third kappa shape index (κ3) is 2.88. The molecular weight excluding hydrogens is 298 g/mol. The molecule has 3 rings (SSSR count). The Morgan fingerprint density at radius 3 is 2.91 bits per heavy atom. The Kier molecular flexibility index (Phi) is 4.21. The van der Waals surface area contributed by atoms with Crippen LogP contribution < -0.4 is 5.32 Å². The van der Waals surface area contributed by atoms with Crippen LogP contribution in [0.15, 0.2) is 18.2 Å². The number of carbonyl (C=O) groups excluding carboxylic acids is 1. The summed E-state index contributed by atoms with van der Waals surface area (Å²) >= 11 is 6.15. The van der Waals surface area contributed by atoms with E-state index in [0.29, 0.717) is 17.1 Å². The van der Waals surface area contributed by atoms with Crippen molar-refractivity contribution in [1.29, 1.82) is 0 Å². The molecule has 0 saturated heterocycles. The number of benzene rings is 1. The SMILES string of the molecule is Cc1ccc(C(=O)NCc2c3c(nn2C)CCCC3)c(Cl)c1. The Labute approximate surface area is 135 Å². The molecule has 0 aliphatic heterocycles. The minimum absolute atomic E-state index is 0.143. The lowest BCUT2D eigenvalue weighted by atomic mass is 9.96. The van der Waals surface area contributed by atoms with Gasteiger partial charge in [-0.15, -0.1) is 0 Å². The minimum atomic E-state index is -0.143. The van der Waals surface area contributed by atoms with Gasteiger partial charge in [-0.3, -0.25) is 9.48 Å². The van der Waals surface area contributed by atoms with Crippen molar-refractivity contribution in [1.82, 2.24) is 15.1 Å². The molecule has 0 radical (unpaired) electrons. The largest absolute Gasteiger partial charge is 0.346 e. The summed E-state index contributed by atoms with van der Waals surface area (Å²) in [6.07, 6.45) is 4.50. The van der Waals surface area contributed by atoms with Crippen LogP contribution in [0.2, 0.25) is 5.02 Å². The quantitative estimate of drug-likeness (QED) is 0.945. The van der Waals surface area contributed by atoms with Crippen molar-refractivity contribution < 1.29 is 4.79 Å². The maximum absolute atomic E-state index is 12.3. The number of hydrogen-bond acceptors (Lipinski definition) is 2. The summed E-state index contributed by atoms with van der Waals surface area (Å²) in [5.41, 5.74) is 5.16. The molecule has 1 aromatic heterocycles. The van der Waals surface area contributed by atoms with Crippen LogP contribution in [0.4, 0.5) is 0 Å². The fourth-order valence-electron chi connectivity index (χ4n) is 3.03. The summed E-state index contributed by atoms with van der Waals surface area (Å²) in [4.78, 5) is 12.3. The van der Waals surface area contributed by atoms with Crippen LogP contribution in [0.25, 0.3) is 0 Å². The summed E-state index contributed by atoms with van der Waals surface area (Å²) in [6, 6.07) is 5.47. The zero-order valence-corrected chi connectivity index (χ0v) is 13.7. The monoisotopic (exact) mass is 317 g/mol. The van der Waals surface area contributed by atoms with Gasteiger partial charge in [-0.2, -0.15) is 5.10 Å². The van der Waals surface area contributed by atoms with E-state index in [9.17, 15) is 4.79 Å². The number of fused-ring (bicyclic) bond motifs is 1. The standard InChI is InChI=1S/C17H20ClN3O/c1-11-7-8-12(14(18)9-11)17(22)19-10-16-13-5-3-4-6-15(13)20-21(16)2/h7-9H,3-6,10H2,1-2H3,(H,19,22). The second kappa shape index (κ2) is 6.13. The molecule has 116 valence electrons. The average molecular weight is 318 g/mol. The van der Waals surface area contributed by atoms with Crippen LogP contribution in [0.1, 0.15) is 45.7 Å². The summed E-state index contributed by atoms with van der Waals surface area (Å²) in [5.74, 6) is -0.143. The van der Waals surface area contributed by atoms with E-state index in [0.717, 1.165) is 24.1 Å². The van der Waals surface area contributed by atoms with Crippen molar-refractivity contribution in [2.24, 2.45) is 7.05 Å². The molecule has 0 spiro atoms. The van der Waals surface area contributed by atoms with E-state index in [4.69, 9.17) is 11.6 Å².